The summed E-state index contributed by atoms with van der Waals surface area (Å²) in [6.07, 6.45) is 0. The number of hydrogen-bond acceptors (Lipinski definition) is 1. The molecule has 5 heteroatoms. The molecule has 0 aliphatic rings. The minimum Gasteiger partial charge on any atom is -0.306 e. The van der Waals surface area contributed by atoms with Crippen LogP contribution in [0.3, 0.4) is 0 Å². The third-order valence-corrected chi connectivity index (χ3v) is 3.62. The SMILES string of the molecule is CCNC(c1cc(C)c(F)cc1F)c1c(F)cccc1Cl. The fourth-order valence-corrected chi connectivity index (χ4v) is 2.53. The molecule has 0 amide bonds. The minimum absolute atomic E-state index is 0.158. The number of aryl methyl sites for hydroxylation is 1. The van der Waals surface area contributed by atoms with Crippen molar-refractivity contribution in [2.45, 2.75) is 19.9 Å². The summed E-state index contributed by atoms with van der Waals surface area (Å²) in [5, 5.41) is 3.19. The molecule has 0 spiro atoms. The van der Waals surface area contributed by atoms with E-state index in [0.717, 1.165) is 6.07 Å². The Morgan fingerprint density at radius 3 is 2.43 bits per heavy atom. The summed E-state index contributed by atoms with van der Waals surface area (Å²) >= 11 is 6.06. The summed E-state index contributed by atoms with van der Waals surface area (Å²) in [7, 11) is 0. The Kier molecular flexibility index (Phi) is 4.91. The van der Waals surface area contributed by atoms with Crippen molar-refractivity contribution in [1.29, 1.82) is 0 Å². The van der Waals surface area contributed by atoms with E-state index in [4.69, 9.17) is 11.6 Å². The number of rotatable bonds is 4. The fraction of sp³-hybridized carbons (Fsp3) is 0.250. The van der Waals surface area contributed by atoms with Crippen LogP contribution in [0.5, 0.6) is 0 Å². The first kappa shape index (κ1) is 15.9. The molecule has 1 nitrogen and oxygen atoms in total. The molecule has 1 unspecified atom stereocenters. The average molecular weight is 314 g/mol. The third kappa shape index (κ3) is 3.22. The van der Waals surface area contributed by atoms with Gasteiger partial charge in [-0.3, -0.25) is 0 Å². The third-order valence-electron chi connectivity index (χ3n) is 3.29. The maximum Gasteiger partial charge on any atom is 0.131 e. The van der Waals surface area contributed by atoms with Crippen LogP contribution in [0.1, 0.15) is 29.7 Å². The van der Waals surface area contributed by atoms with E-state index in [0.29, 0.717) is 12.1 Å². The molecule has 2 rings (SSSR count). The van der Waals surface area contributed by atoms with Crippen LogP contribution in [0.2, 0.25) is 5.02 Å². The van der Waals surface area contributed by atoms with Gasteiger partial charge in [0.2, 0.25) is 0 Å². The zero-order valence-electron chi connectivity index (χ0n) is 11.7. The van der Waals surface area contributed by atoms with Gasteiger partial charge in [-0.05, 0) is 37.2 Å². The summed E-state index contributed by atoms with van der Waals surface area (Å²) in [6.45, 7) is 3.82. The Labute approximate surface area is 126 Å². The molecule has 0 saturated heterocycles. The standard InChI is InChI=1S/C16H15ClF3N/c1-3-21-16(15-11(17)5-4-6-12(15)18)10-7-9(2)13(19)8-14(10)20/h4-8,16,21H,3H2,1-2H3. The van der Waals surface area contributed by atoms with Gasteiger partial charge in [0.15, 0.2) is 0 Å². The Morgan fingerprint density at radius 1 is 1.10 bits per heavy atom. The normalized spacial score (nSPS) is 12.5. The van der Waals surface area contributed by atoms with Crippen molar-refractivity contribution in [2.75, 3.05) is 6.54 Å². The van der Waals surface area contributed by atoms with Gasteiger partial charge in [-0.15, -0.1) is 0 Å². The lowest BCUT2D eigenvalue weighted by Gasteiger charge is -2.22. The van der Waals surface area contributed by atoms with E-state index in [1.165, 1.54) is 25.1 Å². The van der Waals surface area contributed by atoms with E-state index < -0.39 is 23.5 Å². The highest BCUT2D eigenvalue weighted by molar-refractivity contribution is 6.31. The van der Waals surface area contributed by atoms with Gasteiger partial charge in [-0.1, -0.05) is 24.6 Å². The van der Waals surface area contributed by atoms with E-state index in [-0.39, 0.29) is 16.1 Å². The molecule has 0 fully saturated rings. The average Bonchev–Trinajstić information content (AvgIpc) is 2.42. The summed E-state index contributed by atoms with van der Waals surface area (Å²) < 4.78 is 41.6. The van der Waals surface area contributed by atoms with Crippen LogP contribution in [0.4, 0.5) is 13.2 Å². The van der Waals surface area contributed by atoms with Crippen molar-refractivity contribution in [1.82, 2.24) is 5.32 Å². The van der Waals surface area contributed by atoms with Crippen LogP contribution >= 0.6 is 11.6 Å². The van der Waals surface area contributed by atoms with E-state index >= 15 is 0 Å². The Hall–Kier alpha value is -1.52. The number of halogens is 4. The van der Waals surface area contributed by atoms with Crippen LogP contribution in [-0.2, 0) is 0 Å². The van der Waals surface area contributed by atoms with Crippen molar-refractivity contribution in [3.8, 4) is 0 Å². The molecular formula is C16H15ClF3N. The van der Waals surface area contributed by atoms with Gasteiger partial charge in [-0.25, -0.2) is 13.2 Å². The topological polar surface area (TPSA) is 12.0 Å². The first-order chi connectivity index (χ1) is 9.95. The van der Waals surface area contributed by atoms with Crippen molar-refractivity contribution >= 4 is 11.6 Å². The van der Waals surface area contributed by atoms with E-state index in [2.05, 4.69) is 5.32 Å². The molecule has 21 heavy (non-hydrogen) atoms. The van der Waals surface area contributed by atoms with Crippen LogP contribution < -0.4 is 5.32 Å². The Balaban J connectivity index is 2.62. The van der Waals surface area contributed by atoms with Gasteiger partial charge in [0.25, 0.3) is 0 Å². The maximum atomic E-state index is 14.1. The predicted molar refractivity (Wildman–Crippen MR) is 78.0 cm³/mol. The van der Waals surface area contributed by atoms with Crippen molar-refractivity contribution < 1.29 is 13.2 Å². The van der Waals surface area contributed by atoms with Crippen molar-refractivity contribution in [2.24, 2.45) is 0 Å². The highest BCUT2D eigenvalue weighted by Crippen LogP contribution is 2.32. The van der Waals surface area contributed by atoms with Crippen LogP contribution in [-0.4, -0.2) is 6.54 Å². The highest BCUT2D eigenvalue weighted by atomic mass is 35.5. The summed E-state index contributed by atoms with van der Waals surface area (Å²) in [4.78, 5) is 0. The zero-order chi connectivity index (χ0) is 15.6. The Bertz CT molecular complexity index is 638. The zero-order valence-corrected chi connectivity index (χ0v) is 12.4. The second-order valence-corrected chi connectivity index (χ2v) is 5.16. The van der Waals surface area contributed by atoms with Gasteiger partial charge < -0.3 is 5.32 Å². The molecule has 0 radical (unpaired) electrons. The van der Waals surface area contributed by atoms with Crippen molar-refractivity contribution in [3.63, 3.8) is 0 Å². The molecule has 0 saturated carbocycles. The van der Waals surface area contributed by atoms with Gasteiger partial charge >= 0.3 is 0 Å². The molecule has 1 N–H and O–H groups in total. The molecule has 0 aliphatic heterocycles. The van der Waals surface area contributed by atoms with Crippen LogP contribution in [0.15, 0.2) is 30.3 Å². The van der Waals surface area contributed by atoms with Crippen LogP contribution in [0, 0.1) is 24.4 Å². The number of nitrogens with one attached hydrogen (secondary N) is 1. The summed E-state index contributed by atoms with van der Waals surface area (Å²) in [6, 6.07) is 5.70. The molecule has 2 aromatic rings. The number of benzene rings is 2. The maximum absolute atomic E-state index is 14.1. The fourth-order valence-electron chi connectivity index (χ4n) is 2.26. The van der Waals surface area contributed by atoms with Gasteiger partial charge in [-0.2, -0.15) is 0 Å². The lowest BCUT2D eigenvalue weighted by atomic mass is 9.96. The molecule has 0 aliphatic carbocycles. The lowest BCUT2D eigenvalue weighted by Crippen LogP contribution is -2.24. The smallest absolute Gasteiger partial charge is 0.131 e. The molecule has 0 aromatic heterocycles. The molecule has 2 aromatic carbocycles. The van der Waals surface area contributed by atoms with Gasteiger partial charge in [0.1, 0.15) is 17.5 Å². The molecule has 0 heterocycles. The largest absolute Gasteiger partial charge is 0.306 e. The quantitative estimate of drug-likeness (QED) is 0.857. The van der Waals surface area contributed by atoms with Gasteiger partial charge in [0, 0.05) is 22.2 Å². The van der Waals surface area contributed by atoms with E-state index in [1.807, 2.05) is 6.92 Å². The second kappa shape index (κ2) is 6.50. The molecule has 112 valence electrons. The first-order valence-electron chi connectivity index (χ1n) is 6.58. The summed E-state index contributed by atoms with van der Waals surface area (Å²) in [5.74, 6) is -1.90. The molecule has 1 atom stereocenters. The van der Waals surface area contributed by atoms with Crippen molar-refractivity contribution in [3.05, 3.63) is 69.5 Å². The van der Waals surface area contributed by atoms with E-state index in [9.17, 15) is 13.2 Å². The van der Waals surface area contributed by atoms with Crippen LogP contribution in [0.25, 0.3) is 0 Å². The first-order valence-corrected chi connectivity index (χ1v) is 6.96. The monoisotopic (exact) mass is 313 g/mol. The van der Waals surface area contributed by atoms with E-state index in [1.54, 1.807) is 6.07 Å². The predicted octanol–water partition coefficient (Wildman–Crippen LogP) is 4.76. The molecule has 0 bridgehead atoms. The second-order valence-electron chi connectivity index (χ2n) is 4.75. The Morgan fingerprint density at radius 2 is 1.81 bits per heavy atom. The minimum atomic E-state index is -0.775. The van der Waals surface area contributed by atoms with Gasteiger partial charge in [0.05, 0.1) is 6.04 Å². The molecular weight excluding hydrogens is 299 g/mol. The lowest BCUT2D eigenvalue weighted by molar-refractivity contribution is 0.520. The summed E-state index contributed by atoms with van der Waals surface area (Å²) in [5.41, 5.74) is 0.621. The highest BCUT2D eigenvalue weighted by Gasteiger charge is 2.23. The number of hydrogen-bond donors (Lipinski definition) is 1.